The summed E-state index contributed by atoms with van der Waals surface area (Å²) in [6.07, 6.45) is 1.86. The molecular formula is C19H21NO5S. The van der Waals surface area contributed by atoms with Crippen molar-refractivity contribution < 1.29 is 23.4 Å². The molecule has 3 rings (SSSR count). The number of carboxylic acid groups (broad SMARTS) is 1. The van der Waals surface area contributed by atoms with Crippen molar-refractivity contribution in [1.82, 2.24) is 0 Å². The van der Waals surface area contributed by atoms with E-state index in [0.29, 0.717) is 24.1 Å². The van der Waals surface area contributed by atoms with Crippen LogP contribution in [0, 0.1) is 0 Å². The molecule has 2 N–H and O–H groups in total. The number of aromatic carboxylic acids is 1. The van der Waals surface area contributed by atoms with Gasteiger partial charge in [-0.05, 0) is 48.2 Å². The zero-order valence-electron chi connectivity index (χ0n) is 14.4. The Bertz CT molecular complexity index is 921. The minimum absolute atomic E-state index is 0.211. The second-order valence-corrected chi connectivity index (χ2v) is 8.53. The quantitative estimate of drug-likeness (QED) is 0.832. The predicted octanol–water partition coefficient (Wildman–Crippen LogP) is 2.27. The van der Waals surface area contributed by atoms with E-state index in [0.717, 1.165) is 30.5 Å². The standard InChI is InChI=1S/C19H21NO5S/c1-26(24,25)14-9-7-13(8-10-14)18(21)12-20-11-3-5-15-16(19(22)23)4-2-6-17(15)20/h2,4,6-10,18,21H,3,5,11-12H2,1H3,(H,22,23). The van der Waals surface area contributed by atoms with E-state index in [-0.39, 0.29) is 4.90 Å². The molecule has 0 radical (unpaired) electrons. The Balaban J connectivity index is 1.82. The Labute approximate surface area is 152 Å². The third-order valence-corrected chi connectivity index (χ3v) is 5.79. The molecule has 6 nitrogen and oxygen atoms in total. The number of sulfone groups is 1. The number of β-amino-alcohol motifs (C(OH)–C–C–N with tert-alkyl or cyclic N) is 1. The molecule has 1 aliphatic heterocycles. The first-order chi connectivity index (χ1) is 12.3. The molecule has 0 aromatic heterocycles. The first-order valence-electron chi connectivity index (χ1n) is 8.35. The number of aliphatic hydroxyl groups is 1. The van der Waals surface area contributed by atoms with Gasteiger partial charge in [-0.25, -0.2) is 13.2 Å². The summed E-state index contributed by atoms with van der Waals surface area (Å²) in [6.45, 7) is 1.04. The fraction of sp³-hybridized carbons (Fsp3) is 0.316. The number of hydrogen-bond donors (Lipinski definition) is 2. The van der Waals surface area contributed by atoms with Crippen molar-refractivity contribution in [3.63, 3.8) is 0 Å². The van der Waals surface area contributed by atoms with Crippen LogP contribution in [-0.2, 0) is 16.3 Å². The zero-order chi connectivity index (χ0) is 18.9. The monoisotopic (exact) mass is 375 g/mol. The Kier molecular flexibility index (Phi) is 5.02. The summed E-state index contributed by atoms with van der Waals surface area (Å²) in [5.74, 6) is -0.944. The van der Waals surface area contributed by atoms with Gasteiger partial charge in [0.15, 0.2) is 9.84 Å². The fourth-order valence-electron chi connectivity index (χ4n) is 3.34. The molecule has 2 aromatic rings. The smallest absolute Gasteiger partial charge is 0.336 e. The van der Waals surface area contributed by atoms with Crippen LogP contribution in [0.1, 0.15) is 34.0 Å². The number of rotatable bonds is 5. The van der Waals surface area contributed by atoms with Gasteiger partial charge >= 0.3 is 5.97 Å². The van der Waals surface area contributed by atoms with Gasteiger partial charge in [0.1, 0.15) is 0 Å². The molecule has 0 aliphatic carbocycles. The normalized spacial score (nSPS) is 15.4. The van der Waals surface area contributed by atoms with Gasteiger partial charge in [0, 0.05) is 25.0 Å². The van der Waals surface area contributed by atoms with Gasteiger partial charge < -0.3 is 15.1 Å². The molecule has 0 saturated heterocycles. The van der Waals surface area contributed by atoms with E-state index in [1.54, 1.807) is 24.3 Å². The van der Waals surface area contributed by atoms with Gasteiger partial charge in [-0.3, -0.25) is 0 Å². The maximum Gasteiger partial charge on any atom is 0.336 e. The lowest BCUT2D eigenvalue weighted by Crippen LogP contribution is -2.34. The van der Waals surface area contributed by atoms with Crippen LogP contribution in [0.2, 0.25) is 0 Å². The summed E-state index contributed by atoms with van der Waals surface area (Å²) in [5, 5.41) is 19.9. The second kappa shape index (κ2) is 7.09. The van der Waals surface area contributed by atoms with Crippen LogP contribution in [-0.4, -0.2) is 43.9 Å². The largest absolute Gasteiger partial charge is 0.478 e. The van der Waals surface area contributed by atoms with Crippen LogP contribution in [0.3, 0.4) is 0 Å². The van der Waals surface area contributed by atoms with Crippen molar-refractivity contribution >= 4 is 21.5 Å². The molecule has 0 spiro atoms. The summed E-state index contributed by atoms with van der Waals surface area (Å²) < 4.78 is 23.1. The van der Waals surface area contributed by atoms with Crippen LogP contribution in [0.25, 0.3) is 0 Å². The Morgan fingerprint density at radius 2 is 1.88 bits per heavy atom. The predicted molar refractivity (Wildman–Crippen MR) is 98.4 cm³/mol. The third-order valence-electron chi connectivity index (χ3n) is 4.66. The molecule has 7 heteroatoms. The fourth-order valence-corrected chi connectivity index (χ4v) is 3.97. The van der Waals surface area contributed by atoms with Crippen LogP contribution in [0.15, 0.2) is 47.4 Å². The molecule has 1 aliphatic rings. The van der Waals surface area contributed by atoms with Crippen molar-refractivity contribution in [2.45, 2.75) is 23.8 Å². The molecule has 0 saturated carbocycles. The lowest BCUT2D eigenvalue weighted by molar-refractivity contribution is 0.0695. The van der Waals surface area contributed by atoms with Gasteiger partial charge in [0.25, 0.3) is 0 Å². The highest BCUT2D eigenvalue weighted by Gasteiger charge is 2.24. The lowest BCUT2D eigenvalue weighted by atomic mass is 9.95. The van der Waals surface area contributed by atoms with E-state index in [1.165, 1.54) is 12.1 Å². The van der Waals surface area contributed by atoms with Crippen LogP contribution in [0.4, 0.5) is 5.69 Å². The third kappa shape index (κ3) is 3.73. The minimum atomic E-state index is -3.27. The molecule has 0 amide bonds. The second-order valence-electron chi connectivity index (χ2n) is 6.51. The maximum absolute atomic E-state index is 11.5. The number of hydrogen-bond acceptors (Lipinski definition) is 5. The van der Waals surface area contributed by atoms with Gasteiger partial charge in [0.2, 0.25) is 0 Å². The van der Waals surface area contributed by atoms with E-state index < -0.39 is 21.9 Å². The highest BCUT2D eigenvalue weighted by molar-refractivity contribution is 7.90. The van der Waals surface area contributed by atoms with Crippen molar-refractivity contribution in [2.24, 2.45) is 0 Å². The summed E-state index contributed by atoms with van der Waals surface area (Å²) in [5.41, 5.74) is 2.56. The van der Waals surface area contributed by atoms with Crippen molar-refractivity contribution in [3.8, 4) is 0 Å². The molecule has 0 bridgehead atoms. The van der Waals surface area contributed by atoms with E-state index in [4.69, 9.17) is 0 Å². The molecule has 1 heterocycles. The van der Waals surface area contributed by atoms with E-state index >= 15 is 0 Å². The molecule has 2 aromatic carbocycles. The van der Waals surface area contributed by atoms with Gasteiger partial charge in [-0.15, -0.1) is 0 Å². The first-order valence-corrected chi connectivity index (χ1v) is 10.2. The van der Waals surface area contributed by atoms with Crippen molar-refractivity contribution in [3.05, 3.63) is 59.2 Å². The number of anilines is 1. The Morgan fingerprint density at radius 1 is 1.19 bits per heavy atom. The first kappa shape index (κ1) is 18.4. The molecule has 138 valence electrons. The van der Waals surface area contributed by atoms with Crippen LogP contribution < -0.4 is 4.90 Å². The highest BCUT2D eigenvalue weighted by Crippen LogP contribution is 2.31. The Morgan fingerprint density at radius 3 is 2.50 bits per heavy atom. The lowest BCUT2D eigenvalue weighted by Gasteiger charge is -2.33. The summed E-state index contributed by atoms with van der Waals surface area (Å²) in [4.78, 5) is 13.6. The molecular weight excluding hydrogens is 354 g/mol. The number of carboxylic acids is 1. The average Bonchev–Trinajstić information content (AvgIpc) is 2.60. The van der Waals surface area contributed by atoms with E-state index in [2.05, 4.69) is 0 Å². The van der Waals surface area contributed by atoms with Gasteiger partial charge in [0.05, 0.1) is 16.6 Å². The van der Waals surface area contributed by atoms with Gasteiger partial charge in [-0.1, -0.05) is 18.2 Å². The number of carbonyl (C=O) groups is 1. The zero-order valence-corrected chi connectivity index (χ0v) is 15.2. The van der Waals surface area contributed by atoms with E-state index in [9.17, 15) is 23.4 Å². The SMILES string of the molecule is CS(=O)(=O)c1ccc(C(O)CN2CCCc3c(C(=O)O)cccc32)cc1. The number of nitrogens with zero attached hydrogens (tertiary/aromatic N) is 1. The summed E-state index contributed by atoms with van der Waals surface area (Å²) in [7, 11) is -3.27. The molecule has 26 heavy (non-hydrogen) atoms. The summed E-state index contributed by atoms with van der Waals surface area (Å²) in [6, 6.07) is 11.4. The highest BCUT2D eigenvalue weighted by atomic mass is 32.2. The summed E-state index contributed by atoms with van der Waals surface area (Å²) >= 11 is 0. The van der Waals surface area contributed by atoms with Crippen LogP contribution >= 0.6 is 0 Å². The van der Waals surface area contributed by atoms with E-state index in [1.807, 2.05) is 11.0 Å². The number of aliphatic hydroxyl groups excluding tert-OH is 1. The molecule has 1 unspecified atom stereocenters. The molecule has 0 fully saturated rings. The molecule has 1 atom stereocenters. The van der Waals surface area contributed by atoms with Crippen molar-refractivity contribution in [1.29, 1.82) is 0 Å². The average molecular weight is 375 g/mol. The number of fused-ring (bicyclic) bond motifs is 1. The number of benzene rings is 2. The maximum atomic E-state index is 11.5. The topological polar surface area (TPSA) is 94.9 Å². The van der Waals surface area contributed by atoms with Gasteiger partial charge in [-0.2, -0.15) is 0 Å². The minimum Gasteiger partial charge on any atom is -0.478 e. The Hall–Kier alpha value is -2.38. The van der Waals surface area contributed by atoms with Crippen LogP contribution in [0.5, 0.6) is 0 Å². The van der Waals surface area contributed by atoms with Crippen molar-refractivity contribution in [2.75, 3.05) is 24.2 Å².